The highest BCUT2D eigenvalue weighted by atomic mass is 32.2. The van der Waals surface area contributed by atoms with Crippen LogP contribution in [0.4, 0.5) is 5.82 Å². The van der Waals surface area contributed by atoms with E-state index < -0.39 is 0 Å². The number of aromatic nitrogens is 4. The van der Waals surface area contributed by atoms with Crippen molar-refractivity contribution in [3.63, 3.8) is 0 Å². The molecule has 0 saturated carbocycles. The summed E-state index contributed by atoms with van der Waals surface area (Å²) in [6.07, 6.45) is 3.59. The molecule has 0 spiro atoms. The minimum atomic E-state index is -0.124. The number of aryl methyl sites for hydroxylation is 1. The zero-order chi connectivity index (χ0) is 20.9. The number of amides is 1. The molecule has 4 aromatic rings. The molecular formula is C22H21N5O2S. The summed E-state index contributed by atoms with van der Waals surface area (Å²) in [5.74, 6) is 1.54. The number of imidazole rings is 1. The Morgan fingerprint density at radius 1 is 1.10 bits per heavy atom. The Hall–Kier alpha value is -3.52. The van der Waals surface area contributed by atoms with Crippen molar-refractivity contribution in [2.24, 2.45) is 0 Å². The van der Waals surface area contributed by atoms with Crippen LogP contribution < -0.4 is 10.1 Å². The van der Waals surface area contributed by atoms with Gasteiger partial charge in [0, 0.05) is 24.1 Å². The number of carbonyl (C=O) groups is 1. The standard InChI is InChI=1S/C22H21N5O2S/c1-16-14-20(27(25-16)18-6-4-3-5-7-18)24-21(28)15-30-22-23-12-13-26(22)17-8-10-19(29-2)11-9-17/h3-14H,15H2,1-2H3,(H,24,28). The van der Waals surface area contributed by atoms with Crippen molar-refractivity contribution in [3.05, 3.63) is 78.8 Å². The molecule has 0 aliphatic heterocycles. The molecule has 7 nitrogen and oxygen atoms in total. The van der Waals surface area contributed by atoms with Gasteiger partial charge in [-0.15, -0.1) is 0 Å². The number of anilines is 1. The lowest BCUT2D eigenvalue weighted by molar-refractivity contribution is -0.113. The summed E-state index contributed by atoms with van der Waals surface area (Å²) >= 11 is 1.37. The van der Waals surface area contributed by atoms with Crippen molar-refractivity contribution in [1.82, 2.24) is 19.3 Å². The highest BCUT2D eigenvalue weighted by Gasteiger charge is 2.13. The summed E-state index contributed by atoms with van der Waals surface area (Å²) in [4.78, 5) is 17.0. The van der Waals surface area contributed by atoms with Crippen LogP contribution in [0.25, 0.3) is 11.4 Å². The molecule has 8 heteroatoms. The SMILES string of the molecule is COc1ccc(-n2ccnc2SCC(=O)Nc2cc(C)nn2-c2ccccc2)cc1. The fraction of sp³-hybridized carbons (Fsp3) is 0.136. The summed E-state index contributed by atoms with van der Waals surface area (Å²) in [6, 6.07) is 19.3. The van der Waals surface area contributed by atoms with Crippen LogP contribution >= 0.6 is 11.8 Å². The summed E-state index contributed by atoms with van der Waals surface area (Å²) < 4.78 is 8.88. The summed E-state index contributed by atoms with van der Waals surface area (Å²) in [5, 5.41) is 8.17. The molecule has 0 radical (unpaired) electrons. The van der Waals surface area contributed by atoms with Crippen LogP contribution in [-0.4, -0.2) is 38.1 Å². The van der Waals surface area contributed by atoms with E-state index in [1.54, 1.807) is 18.0 Å². The molecule has 0 bridgehead atoms. The van der Waals surface area contributed by atoms with Gasteiger partial charge in [-0.1, -0.05) is 30.0 Å². The number of para-hydroxylation sites is 1. The fourth-order valence-corrected chi connectivity index (χ4v) is 3.77. The summed E-state index contributed by atoms with van der Waals surface area (Å²) in [6.45, 7) is 1.90. The van der Waals surface area contributed by atoms with Crippen LogP contribution in [0, 0.1) is 6.92 Å². The minimum Gasteiger partial charge on any atom is -0.497 e. The number of methoxy groups -OCH3 is 1. The van der Waals surface area contributed by atoms with E-state index in [1.807, 2.05) is 78.4 Å². The average Bonchev–Trinajstić information content (AvgIpc) is 3.39. The third kappa shape index (κ3) is 4.38. The van der Waals surface area contributed by atoms with E-state index in [9.17, 15) is 4.79 Å². The van der Waals surface area contributed by atoms with Gasteiger partial charge in [0.25, 0.3) is 0 Å². The van der Waals surface area contributed by atoms with Gasteiger partial charge in [-0.25, -0.2) is 9.67 Å². The molecule has 2 aromatic heterocycles. The number of hydrogen-bond donors (Lipinski definition) is 1. The Morgan fingerprint density at radius 2 is 1.87 bits per heavy atom. The van der Waals surface area contributed by atoms with Crippen LogP contribution in [0.3, 0.4) is 0 Å². The predicted molar refractivity (Wildman–Crippen MR) is 118 cm³/mol. The second-order valence-electron chi connectivity index (χ2n) is 6.53. The van der Waals surface area contributed by atoms with Gasteiger partial charge in [-0.05, 0) is 43.3 Å². The van der Waals surface area contributed by atoms with E-state index >= 15 is 0 Å². The molecule has 2 heterocycles. The number of carbonyl (C=O) groups excluding carboxylic acids is 1. The van der Waals surface area contributed by atoms with E-state index in [-0.39, 0.29) is 11.7 Å². The van der Waals surface area contributed by atoms with Crippen molar-refractivity contribution in [3.8, 4) is 17.1 Å². The number of nitrogens with one attached hydrogen (secondary N) is 1. The quantitative estimate of drug-likeness (QED) is 0.457. The number of ether oxygens (including phenoxy) is 1. The minimum absolute atomic E-state index is 0.124. The number of benzene rings is 2. The molecule has 0 unspecified atom stereocenters. The molecule has 2 aromatic carbocycles. The normalized spacial score (nSPS) is 10.7. The highest BCUT2D eigenvalue weighted by molar-refractivity contribution is 7.99. The molecule has 0 atom stereocenters. The first kappa shape index (κ1) is 19.8. The highest BCUT2D eigenvalue weighted by Crippen LogP contribution is 2.23. The van der Waals surface area contributed by atoms with Crippen molar-refractivity contribution in [2.45, 2.75) is 12.1 Å². The molecule has 4 rings (SSSR count). The van der Waals surface area contributed by atoms with Gasteiger partial charge in [0.05, 0.1) is 24.2 Å². The number of rotatable bonds is 7. The lowest BCUT2D eigenvalue weighted by Crippen LogP contribution is -2.17. The van der Waals surface area contributed by atoms with Crippen LogP contribution in [0.5, 0.6) is 5.75 Å². The Morgan fingerprint density at radius 3 is 2.60 bits per heavy atom. The van der Waals surface area contributed by atoms with E-state index in [0.717, 1.165) is 28.0 Å². The fourth-order valence-electron chi connectivity index (χ4n) is 3.00. The molecule has 0 aliphatic carbocycles. The van der Waals surface area contributed by atoms with Crippen molar-refractivity contribution in [1.29, 1.82) is 0 Å². The maximum atomic E-state index is 12.6. The van der Waals surface area contributed by atoms with Gasteiger partial charge in [-0.2, -0.15) is 5.10 Å². The van der Waals surface area contributed by atoms with Gasteiger partial charge in [0.1, 0.15) is 11.6 Å². The predicted octanol–water partition coefficient (Wildman–Crippen LogP) is 4.11. The van der Waals surface area contributed by atoms with Gasteiger partial charge in [0.15, 0.2) is 5.16 Å². The lowest BCUT2D eigenvalue weighted by atomic mass is 10.3. The molecule has 152 valence electrons. The first-order valence-electron chi connectivity index (χ1n) is 9.36. The van der Waals surface area contributed by atoms with Crippen LogP contribution in [0.2, 0.25) is 0 Å². The second-order valence-corrected chi connectivity index (χ2v) is 7.48. The Bertz CT molecular complexity index is 1140. The lowest BCUT2D eigenvalue weighted by Gasteiger charge is -2.10. The number of nitrogens with zero attached hydrogens (tertiary/aromatic N) is 4. The Balaban J connectivity index is 1.44. The molecule has 0 aliphatic rings. The number of thioether (sulfide) groups is 1. The van der Waals surface area contributed by atoms with E-state index in [1.165, 1.54) is 11.8 Å². The van der Waals surface area contributed by atoms with Crippen molar-refractivity contribution >= 4 is 23.5 Å². The van der Waals surface area contributed by atoms with Crippen LogP contribution in [-0.2, 0) is 4.79 Å². The average molecular weight is 420 g/mol. The second kappa shape index (κ2) is 8.87. The third-order valence-electron chi connectivity index (χ3n) is 4.39. The van der Waals surface area contributed by atoms with Crippen LogP contribution in [0.15, 0.2) is 78.2 Å². The third-order valence-corrected chi connectivity index (χ3v) is 5.36. The zero-order valence-electron chi connectivity index (χ0n) is 16.6. The van der Waals surface area contributed by atoms with Crippen molar-refractivity contribution in [2.75, 3.05) is 18.2 Å². The molecule has 0 fully saturated rings. The maximum absolute atomic E-state index is 12.6. The molecular weight excluding hydrogens is 398 g/mol. The summed E-state index contributed by atoms with van der Waals surface area (Å²) in [7, 11) is 1.64. The van der Waals surface area contributed by atoms with Crippen LogP contribution in [0.1, 0.15) is 5.69 Å². The maximum Gasteiger partial charge on any atom is 0.236 e. The topological polar surface area (TPSA) is 74.0 Å². The van der Waals surface area contributed by atoms with E-state index in [4.69, 9.17) is 4.74 Å². The van der Waals surface area contributed by atoms with Gasteiger partial charge < -0.3 is 10.1 Å². The first-order valence-corrected chi connectivity index (χ1v) is 10.3. The monoisotopic (exact) mass is 419 g/mol. The Kier molecular flexibility index (Phi) is 5.85. The zero-order valence-corrected chi connectivity index (χ0v) is 17.5. The van der Waals surface area contributed by atoms with Gasteiger partial charge >= 0.3 is 0 Å². The molecule has 30 heavy (non-hydrogen) atoms. The van der Waals surface area contributed by atoms with Gasteiger partial charge in [0.2, 0.25) is 5.91 Å². The summed E-state index contributed by atoms with van der Waals surface area (Å²) in [5.41, 5.74) is 2.68. The molecule has 1 N–H and O–H groups in total. The van der Waals surface area contributed by atoms with E-state index in [0.29, 0.717) is 5.82 Å². The largest absolute Gasteiger partial charge is 0.497 e. The first-order chi connectivity index (χ1) is 14.6. The Labute approximate surface area is 178 Å². The van der Waals surface area contributed by atoms with Crippen molar-refractivity contribution < 1.29 is 9.53 Å². The molecule has 1 amide bonds. The van der Waals surface area contributed by atoms with Gasteiger partial charge in [-0.3, -0.25) is 9.36 Å². The van der Waals surface area contributed by atoms with E-state index in [2.05, 4.69) is 15.4 Å². The smallest absolute Gasteiger partial charge is 0.236 e. The number of hydrogen-bond acceptors (Lipinski definition) is 5. The molecule has 0 saturated heterocycles.